The summed E-state index contributed by atoms with van der Waals surface area (Å²) in [5.41, 5.74) is 1.31. The SMILES string of the molecule is CC(Sc1cc(C#N)ccn1)C(=O)Nc1ccccc1Sc1ccccc1. The number of carbonyl (C=O) groups excluding carboxylic acids is 1. The first kappa shape index (κ1) is 19.0. The van der Waals surface area contributed by atoms with Crippen LogP contribution in [0.2, 0.25) is 0 Å². The number of hydrogen-bond donors (Lipinski definition) is 1. The van der Waals surface area contributed by atoms with E-state index < -0.39 is 0 Å². The quantitative estimate of drug-likeness (QED) is 0.583. The minimum absolute atomic E-state index is 0.106. The number of benzene rings is 2. The maximum absolute atomic E-state index is 12.6. The number of thioether (sulfide) groups is 1. The molecule has 0 fully saturated rings. The molecule has 1 unspecified atom stereocenters. The third kappa shape index (κ3) is 5.36. The molecule has 6 heteroatoms. The number of nitrogens with zero attached hydrogens (tertiary/aromatic N) is 2. The molecular formula is C21H17N3OS2. The molecule has 0 radical (unpaired) electrons. The molecule has 0 saturated heterocycles. The summed E-state index contributed by atoms with van der Waals surface area (Å²) in [5.74, 6) is -0.106. The minimum Gasteiger partial charge on any atom is -0.324 e. The van der Waals surface area contributed by atoms with Crippen molar-refractivity contribution < 1.29 is 4.79 Å². The van der Waals surface area contributed by atoms with Crippen LogP contribution in [0.15, 0.2) is 87.7 Å². The number of hydrogen-bond acceptors (Lipinski definition) is 5. The van der Waals surface area contributed by atoms with Crippen LogP contribution < -0.4 is 5.32 Å². The zero-order chi connectivity index (χ0) is 19.1. The lowest BCUT2D eigenvalue weighted by Gasteiger charge is -2.14. The molecule has 1 heterocycles. The Kier molecular flexibility index (Phi) is 6.53. The first-order valence-electron chi connectivity index (χ1n) is 8.31. The van der Waals surface area contributed by atoms with Crippen LogP contribution in [-0.4, -0.2) is 16.1 Å². The first-order valence-corrected chi connectivity index (χ1v) is 10.0. The number of pyridine rings is 1. The Morgan fingerprint density at radius 2 is 1.85 bits per heavy atom. The summed E-state index contributed by atoms with van der Waals surface area (Å²) in [4.78, 5) is 19.0. The Bertz CT molecular complexity index is 970. The predicted molar refractivity (Wildman–Crippen MR) is 110 cm³/mol. The molecule has 3 aromatic rings. The van der Waals surface area contributed by atoms with E-state index in [1.165, 1.54) is 11.8 Å². The highest BCUT2D eigenvalue weighted by Gasteiger charge is 2.17. The van der Waals surface area contributed by atoms with Gasteiger partial charge in [0, 0.05) is 16.0 Å². The molecule has 27 heavy (non-hydrogen) atoms. The van der Waals surface area contributed by atoms with Gasteiger partial charge in [-0.1, -0.05) is 53.9 Å². The summed E-state index contributed by atoms with van der Waals surface area (Å²) in [6.07, 6.45) is 1.58. The van der Waals surface area contributed by atoms with Crippen LogP contribution in [-0.2, 0) is 4.79 Å². The first-order chi connectivity index (χ1) is 13.2. The second kappa shape index (κ2) is 9.26. The molecule has 0 aliphatic carbocycles. The van der Waals surface area contributed by atoms with Gasteiger partial charge in [-0.25, -0.2) is 4.98 Å². The number of amides is 1. The number of rotatable bonds is 6. The van der Waals surface area contributed by atoms with E-state index in [9.17, 15) is 4.79 Å². The number of anilines is 1. The van der Waals surface area contributed by atoms with Crippen molar-refractivity contribution in [3.05, 3.63) is 78.5 Å². The summed E-state index contributed by atoms with van der Waals surface area (Å²) in [6, 6.07) is 23.2. The van der Waals surface area contributed by atoms with E-state index in [2.05, 4.69) is 16.4 Å². The van der Waals surface area contributed by atoms with E-state index in [1.54, 1.807) is 30.1 Å². The molecule has 0 saturated carbocycles. The lowest BCUT2D eigenvalue weighted by atomic mass is 10.3. The molecule has 1 amide bonds. The predicted octanol–water partition coefficient (Wildman–Crippen LogP) is 5.22. The van der Waals surface area contributed by atoms with Gasteiger partial charge < -0.3 is 5.32 Å². The Morgan fingerprint density at radius 1 is 1.11 bits per heavy atom. The third-order valence-corrected chi connectivity index (χ3v) is 5.76. The van der Waals surface area contributed by atoms with E-state index in [4.69, 9.17) is 5.26 Å². The van der Waals surface area contributed by atoms with Crippen molar-refractivity contribution in [2.24, 2.45) is 0 Å². The molecule has 2 aromatic carbocycles. The summed E-state index contributed by atoms with van der Waals surface area (Å²) >= 11 is 2.94. The average Bonchev–Trinajstić information content (AvgIpc) is 2.70. The Morgan fingerprint density at radius 3 is 2.63 bits per heavy atom. The van der Waals surface area contributed by atoms with Crippen LogP contribution in [0.5, 0.6) is 0 Å². The lowest BCUT2D eigenvalue weighted by molar-refractivity contribution is -0.115. The Hall–Kier alpha value is -2.75. The van der Waals surface area contributed by atoms with E-state index in [-0.39, 0.29) is 11.2 Å². The monoisotopic (exact) mass is 391 g/mol. The largest absolute Gasteiger partial charge is 0.324 e. The van der Waals surface area contributed by atoms with Crippen LogP contribution in [0.4, 0.5) is 5.69 Å². The van der Waals surface area contributed by atoms with E-state index in [0.29, 0.717) is 10.6 Å². The maximum atomic E-state index is 12.6. The summed E-state index contributed by atoms with van der Waals surface area (Å²) < 4.78 is 0. The van der Waals surface area contributed by atoms with Crippen LogP contribution in [0, 0.1) is 11.3 Å². The molecule has 134 valence electrons. The highest BCUT2D eigenvalue weighted by Crippen LogP contribution is 2.33. The fraction of sp³-hybridized carbons (Fsp3) is 0.0952. The number of nitrogens with one attached hydrogen (secondary N) is 1. The molecule has 3 rings (SSSR count). The maximum Gasteiger partial charge on any atom is 0.237 e. The summed E-state index contributed by atoms with van der Waals surface area (Å²) in [7, 11) is 0. The smallest absolute Gasteiger partial charge is 0.237 e. The minimum atomic E-state index is -0.346. The van der Waals surface area contributed by atoms with Crippen LogP contribution in [0.25, 0.3) is 0 Å². The van der Waals surface area contributed by atoms with Gasteiger partial charge in [-0.2, -0.15) is 5.26 Å². The molecule has 0 spiro atoms. The topological polar surface area (TPSA) is 65.8 Å². The number of nitriles is 1. The van der Waals surface area contributed by atoms with Crippen molar-refractivity contribution in [2.45, 2.75) is 27.0 Å². The van der Waals surface area contributed by atoms with Gasteiger partial charge in [-0.05, 0) is 43.3 Å². The van der Waals surface area contributed by atoms with Gasteiger partial charge in [0.2, 0.25) is 5.91 Å². The molecule has 0 aliphatic heterocycles. The Labute approximate surface area is 167 Å². The Balaban J connectivity index is 1.69. The van der Waals surface area contributed by atoms with Gasteiger partial charge in [0.05, 0.1) is 27.6 Å². The van der Waals surface area contributed by atoms with Gasteiger partial charge in [0.15, 0.2) is 0 Å². The average molecular weight is 392 g/mol. The van der Waals surface area contributed by atoms with Crippen LogP contribution in [0.3, 0.4) is 0 Å². The van der Waals surface area contributed by atoms with Crippen molar-refractivity contribution in [3.63, 3.8) is 0 Å². The molecule has 1 atom stereocenters. The zero-order valence-corrected chi connectivity index (χ0v) is 16.3. The fourth-order valence-corrected chi connectivity index (χ4v) is 4.05. The van der Waals surface area contributed by atoms with E-state index in [0.717, 1.165) is 15.5 Å². The summed E-state index contributed by atoms with van der Waals surface area (Å²) in [5, 5.41) is 12.3. The highest BCUT2D eigenvalue weighted by atomic mass is 32.2. The van der Waals surface area contributed by atoms with Crippen molar-refractivity contribution in [3.8, 4) is 6.07 Å². The number of para-hydroxylation sites is 1. The molecule has 4 nitrogen and oxygen atoms in total. The number of aromatic nitrogens is 1. The van der Waals surface area contributed by atoms with Crippen LogP contribution >= 0.6 is 23.5 Å². The second-order valence-electron chi connectivity index (χ2n) is 5.66. The van der Waals surface area contributed by atoms with Crippen molar-refractivity contribution in [1.82, 2.24) is 4.98 Å². The number of carbonyl (C=O) groups is 1. The van der Waals surface area contributed by atoms with Crippen molar-refractivity contribution in [2.75, 3.05) is 5.32 Å². The second-order valence-corrected chi connectivity index (χ2v) is 8.13. The molecule has 1 aromatic heterocycles. The van der Waals surface area contributed by atoms with Crippen molar-refractivity contribution in [1.29, 1.82) is 5.26 Å². The molecule has 0 bridgehead atoms. The summed E-state index contributed by atoms with van der Waals surface area (Å²) in [6.45, 7) is 1.83. The van der Waals surface area contributed by atoms with Gasteiger partial charge in [-0.3, -0.25) is 4.79 Å². The molecule has 1 N–H and O–H groups in total. The third-order valence-electron chi connectivity index (χ3n) is 3.65. The standard InChI is InChI=1S/C21H17N3OS2/c1-15(26-20-13-16(14-22)11-12-23-20)21(25)24-18-9-5-6-10-19(18)27-17-7-3-2-4-8-17/h2-13,15H,1H3,(H,24,25). The van der Waals surface area contributed by atoms with Crippen LogP contribution in [0.1, 0.15) is 12.5 Å². The van der Waals surface area contributed by atoms with E-state index >= 15 is 0 Å². The lowest BCUT2D eigenvalue weighted by Crippen LogP contribution is -2.22. The van der Waals surface area contributed by atoms with Gasteiger partial charge in [0.25, 0.3) is 0 Å². The zero-order valence-electron chi connectivity index (χ0n) is 14.6. The van der Waals surface area contributed by atoms with Gasteiger partial charge >= 0.3 is 0 Å². The van der Waals surface area contributed by atoms with E-state index in [1.807, 2.05) is 61.5 Å². The normalized spacial score (nSPS) is 11.4. The molecule has 0 aliphatic rings. The molecular weight excluding hydrogens is 374 g/mol. The highest BCUT2D eigenvalue weighted by molar-refractivity contribution is 8.00. The van der Waals surface area contributed by atoms with Gasteiger partial charge in [-0.15, -0.1) is 0 Å². The van der Waals surface area contributed by atoms with Crippen molar-refractivity contribution >= 4 is 35.1 Å². The fourth-order valence-electron chi connectivity index (χ4n) is 2.29. The van der Waals surface area contributed by atoms with Gasteiger partial charge in [0.1, 0.15) is 0 Å².